The third-order valence-corrected chi connectivity index (χ3v) is 5.08. The second-order valence-electron chi connectivity index (χ2n) is 6.36. The number of hydrogen-bond acceptors (Lipinski definition) is 3. The van der Waals surface area contributed by atoms with Crippen molar-refractivity contribution in [3.8, 4) is 33.8 Å². The smallest absolute Gasteiger partial charge is 0.277 e. The first-order chi connectivity index (χ1) is 13.1. The molecule has 1 aliphatic heterocycles. The van der Waals surface area contributed by atoms with Crippen LogP contribution in [0.15, 0.2) is 72.8 Å². The van der Waals surface area contributed by atoms with E-state index in [9.17, 15) is 10.1 Å². The lowest BCUT2D eigenvalue weighted by Gasteiger charge is -2.22. The van der Waals surface area contributed by atoms with Crippen LogP contribution < -0.4 is 4.74 Å². The summed E-state index contributed by atoms with van der Waals surface area (Å²) in [5.41, 5.74) is 3.34. The molecule has 0 aliphatic carbocycles. The molecule has 0 unspecified atom stereocenters. The second kappa shape index (κ2) is 5.83. The number of fused-ring (bicyclic) bond motifs is 2. The summed E-state index contributed by atoms with van der Waals surface area (Å²) in [6.07, 6.45) is 0. The minimum atomic E-state index is -0.382. The summed E-state index contributed by atoms with van der Waals surface area (Å²) >= 11 is 6.14. The maximum absolute atomic E-state index is 11.5. The minimum Gasteiger partial charge on any atom is -0.456 e. The maximum Gasteiger partial charge on any atom is 0.277 e. The van der Waals surface area contributed by atoms with Crippen LogP contribution in [-0.2, 0) is 0 Å². The molecule has 0 aromatic heterocycles. The molecule has 0 amide bonds. The van der Waals surface area contributed by atoms with Crippen LogP contribution in [0.2, 0.25) is 5.02 Å². The number of benzene rings is 4. The number of nitro benzene ring substituents is 1. The zero-order valence-corrected chi connectivity index (χ0v) is 14.7. The topological polar surface area (TPSA) is 52.4 Å². The van der Waals surface area contributed by atoms with Crippen LogP contribution in [0.1, 0.15) is 0 Å². The Kier molecular flexibility index (Phi) is 3.42. The lowest BCUT2D eigenvalue weighted by molar-refractivity contribution is -0.384. The average Bonchev–Trinajstić information content (AvgIpc) is 2.68. The van der Waals surface area contributed by atoms with Crippen LogP contribution in [0.25, 0.3) is 33.0 Å². The Morgan fingerprint density at radius 2 is 1.59 bits per heavy atom. The first kappa shape index (κ1) is 15.9. The number of halogens is 1. The molecule has 0 bridgehead atoms. The Morgan fingerprint density at radius 3 is 2.44 bits per heavy atom. The molecular weight excluding hydrogens is 362 g/mol. The van der Waals surface area contributed by atoms with Gasteiger partial charge < -0.3 is 4.74 Å². The molecular formula is C22H12ClNO3. The zero-order valence-electron chi connectivity index (χ0n) is 14.0. The zero-order chi connectivity index (χ0) is 18.5. The summed E-state index contributed by atoms with van der Waals surface area (Å²) in [6, 6.07) is 22.2. The standard InChI is InChI=1S/C22H12ClNO3/c23-13-8-10-19(24(25)26)18(12-13)14-9-11-21-22-16(14)5-3-6-17(22)15-4-1-2-7-20(15)27-21/h1-12H. The summed E-state index contributed by atoms with van der Waals surface area (Å²) in [5, 5.41) is 13.8. The SMILES string of the molecule is O=[N+]([O-])c1ccc(Cl)cc1-c1ccc2c3c(cccc13)-c1ccccc1O2. The van der Waals surface area contributed by atoms with Gasteiger partial charge in [0.1, 0.15) is 11.5 Å². The highest BCUT2D eigenvalue weighted by Gasteiger charge is 2.23. The van der Waals surface area contributed by atoms with Crippen molar-refractivity contribution in [2.45, 2.75) is 0 Å². The van der Waals surface area contributed by atoms with Gasteiger partial charge in [-0.05, 0) is 46.8 Å². The first-order valence-corrected chi connectivity index (χ1v) is 8.78. The van der Waals surface area contributed by atoms with E-state index < -0.39 is 0 Å². The Bertz CT molecular complexity index is 1250. The lowest BCUT2D eigenvalue weighted by atomic mass is 9.90. The van der Waals surface area contributed by atoms with E-state index in [-0.39, 0.29) is 10.6 Å². The summed E-state index contributed by atoms with van der Waals surface area (Å²) in [4.78, 5) is 11.2. The molecule has 1 aliphatic rings. The lowest BCUT2D eigenvalue weighted by Crippen LogP contribution is -1.98. The van der Waals surface area contributed by atoms with Crippen LogP contribution in [-0.4, -0.2) is 4.92 Å². The van der Waals surface area contributed by atoms with Gasteiger partial charge in [-0.3, -0.25) is 10.1 Å². The molecule has 130 valence electrons. The molecule has 0 atom stereocenters. The van der Waals surface area contributed by atoms with Gasteiger partial charge in [-0.15, -0.1) is 0 Å². The summed E-state index contributed by atoms with van der Waals surface area (Å²) < 4.78 is 6.08. The predicted molar refractivity (Wildman–Crippen MR) is 107 cm³/mol. The molecule has 5 heteroatoms. The highest BCUT2D eigenvalue weighted by atomic mass is 35.5. The Balaban J connectivity index is 1.87. The van der Waals surface area contributed by atoms with Crippen LogP contribution in [0.5, 0.6) is 11.5 Å². The van der Waals surface area contributed by atoms with Gasteiger partial charge in [0, 0.05) is 22.0 Å². The van der Waals surface area contributed by atoms with E-state index in [1.54, 1.807) is 6.07 Å². The number of hydrogen-bond donors (Lipinski definition) is 0. The Hall–Kier alpha value is -3.37. The number of nitrogens with zero attached hydrogens (tertiary/aromatic N) is 1. The van der Waals surface area contributed by atoms with Gasteiger partial charge in [-0.2, -0.15) is 0 Å². The highest BCUT2D eigenvalue weighted by Crippen LogP contribution is 2.49. The van der Waals surface area contributed by atoms with Crippen molar-refractivity contribution in [3.05, 3.63) is 87.9 Å². The number of para-hydroxylation sites is 1. The third kappa shape index (κ3) is 2.38. The van der Waals surface area contributed by atoms with Crippen LogP contribution in [0.4, 0.5) is 5.69 Å². The van der Waals surface area contributed by atoms with Crippen molar-refractivity contribution in [2.75, 3.05) is 0 Å². The van der Waals surface area contributed by atoms with Gasteiger partial charge in [0.2, 0.25) is 0 Å². The van der Waals surface area contributed by atoms with Crippen molar-refractivity contribution < 1.29 is 9.66 Å². The van der Waals surface area contributed by atoms with E-state index in [0.29, 0.717) is 10.6 Å². The molecule has 0 N–H and O–H groups in total. The van der Waals surface area contributed by atoms with Crippen molar-refractivity contribution in [1.29, 1.82) is 0 Å². The van der Waals surface area contributed by atoms with Gasteiger partial charge in [0.15, 0.2) is 0 Å². The summed E-state index contributed by atoms with van der Waals surface area (Å²) in [6.45, 7) is 0. The van der Waals surface area contributed by atoms with E-state index in [4.69, 9.17) is 16.3 Å². The van der Waals surface area contributed by atoms with Gasteiger partial charge in [0.25, 0.3) is 5.69 Å². The molecule has 4 nitrogen and oxygen atoms in total. The van der Waals surface area contributed by atoms with E-state index in [1.165, 1.54) is 12.1 Å². The molecule has 0 spiro atoms. The molecule has 27 heavy (non-hydrogen) atoms. The fourth-order valence-corrected chi connectivity index (χ4v) is 3.87. The quantitative estimate of drug-likeness (QED) is 0.251. The minimum absolute atomic E-state index is 0.0252. The molecule has 0 saturated heterocycles. The number of rotatable bonds is 2. The molecule has 0 fully saturated rings. The van der Waals surface area contributed by atoms with Crippen molar-refractivity contribution in [2.24, 2.45) is 0 Å². The van der Waals surface area contributed by atoms with E-state index in [0.717, 1.165) is 39.0 Å². The largest absolute Gasteiger partial charge is 0.456 e. The van der Waals surface area contributed by atoms with E-state index in [2.05, 4.69) is 0 Å². The molecule has 4 aromatic carbocycles. The van der Waals surface area contributed by atoms with Gasteiger partial charge in [-0.1, -0.05) is 48.0 Å². The monoisotopic (exact) mass is 373 g/mol. The number of ether oxygens (including phenoxy) is 1. The van der Waals surface area contributed by atoms with Crippen molar-refractivity contribution in [3.63, 3.8) is 0 Å². The number of nitro groups is 1. The molecule has 0 saturated carbocycles. The fraction of sp³-hybridized carbons (Fsp3) is 0. The normalized spacial score (nSPS) is 11.7. The maximum atomic E-state index is 11.5. The van der Waals surface area contributed by atoms with E-state index >= 15 is 0 Å². The predicted octanol–water partition coefficient (Wildman–Crippen LogP) is 6.84. The van der Waals surface area contributed by atoms with Crippen LogP contribution >= 0.6 is 11.6 Å². The van der Waals surface area contributed by atoms with Gasteiger partial charge in [0.05, 0.1) is 10.5 Å². The molecule has 5 rings (SSSR count). The first-order valence-electron chi connectivity index (χ1n) is 8.41. The van der Waals surface area contributed by atoms with E-state index in [1.807, 2.05) is 54.6 Å². The van der Waals surface area contributed by atoms with Crippen LogP contribution in [0, 0.1) is 10.1 Å². The average molecular weight is 374 g/mol. The summed E-state index contributed by atoms with van der Waals surface area (Å²) in [7, 11) is 0. The molecule has 0 radical (unpaired) electrons. The highest BCUT2D eigenvalue weighted by molar-refractivity contribution is 6.31. The third-order valence-electron chi connectivity index (χ3n) is 4.85. The Labute approximate surface area is 159 Å². The molecule has 4 aromatic rings. The fourth-order valence-electron chi connectivity index (χ4n) is 3.70. The second-order valence-corrected chi connectivity index (χ2v) is 6.79. The summed E-state index contributed by atoms with van der Waals surface area (Å²) in [5.74, 6) is 1.55. The molecule has 1 heterocycles. The Morgan fingerprint density at radius 1 is 0.778 bits per heavy atom. The van der Waals surface area contributed by atoms with Crippen molar-refractivity contribution >= 4 is 28.1 Å². The van der Waals surface area contributed by atoms with Gasteiger partial charge >= 0.3 is 0 Å². The van der Waals surface area contributed by atoms with Crippen molar-refractivity contribution in [1.82, 2.24) is 0 Å². The van der Waals surface area contributed by atoms with Crippen LogP contribution in [0.3, 0.4) is 0 Å². The van der Waals surface area contributed by atoms with Gasteiger partial charge in [-0.25, -0.2) is 0 Å².